The van der Waals surface area contributed by atoms with E-state index >= 15 is 0 Å². The van der Waals surface area contributed by atoms with Gasteiger partial charge >= 0.3 is 7.12 Å². The summed E-state index contributed by atoms with van der Waals surface area (Å²) in [6, 6.07) is 1.35. The summed E-state index contributed by atoms with van der Waals surface area (Å²) in [7, 11) is -1.65. The molecule has 0 aliphatic heterocycles. The summed E-state index contributed by atoms with van der Waals surface area (Å²) in [4.78, 5) is 14.2. The lowest BCUT2D eigenvalue weighted by atomic mass is 9.78. The molecule has 0 spiro atoms. The van der Waals surface area contributed by atoms with Gasteiger partial charge in [-0.05, 0) is 6.07 Å². The molecule has 0 aliphatic rings. The molecular weight excluding hydrogens is 171 g/mol. The molecule has 0 bridgehead atoms. The summed E-state index contributed by atoms with van der Waals surface area (Å²) < 4.78 is 0. The van der Waals surface area contributed by atoms with E-state index in [9.17, 15) is 4.79 Å². The molecule has 5 nitrogen and oxygen atoms in total. The maximum absolute atomic E-state index is 10.3. The fraction of sp³-hybridized carbons (Fsp3) is 0.143. The van der Waals surface area contributed by atoms with E-state index < -0.39 is 7.12 Å². The molecule has 0 saturated carbocycles. The van der Waals surface area contributed by atoms with Crippen LogP contribution in [0.5, 0.6) is 0 Å². The lowest BCUT2D eigenvalue weighted by molar-refractivity contribution is 0.112. The Hall–Kier alpha value is -1.24. The van der Waals surface area contributed by atoms with Crippen molar-refractivity contribution in [1.29, 1.82) is 0 Å². The number of carbonyl (C=O) groups excluding carboxylic acids is 1. The van der Waals surface area contributed by atoms with Gasteiger partial charge in [0.05, 0.1) is 5.69 Å². The topological polar surface area (TPSA) is 96.4 Å². The van der Waals surface area contributed by atoms with Gasteiger partial charge in [-0.2, -0.15) is 0 Å². The summed E-state index contributed by atoms with van der Waals surface area (Å²) >= 11 is 0. The summed E-state index contributed by atoms with van der Waals surface area (Å²) in [5.74, 6) is 0. The van der Waals surface area contributed by atoms with E-state index in [-0.39, 0.29) is 12.0 Å². The van der Waals surface area contributed by atoms with Crippen molar-refractivity contribution in [1.82, 2.24) is 4.98 Å². The molecule has 0 radical (unpaired) electrons. The zero-order chi connectivity index (χ0) is 9.84. The van der Waals surface area contributed by atoms with Gasteiger partial charge in [-0.15, -0.1) is 0 Å². The van der Waals surface area contributed by atoms with Crippen LogP contribution in [0.2, 0.25) is 0 Å². The highest BCUT2D eigenvalue weighted by Crippen LogP contribution is 1.95. The molecule has 68 valence electrons. The first-order valence-corrected chi connectivity index (χ1v) is 3.69. The van der Waals surface area contributed by atoms with E-state index in [1.165, 1.54) is 12.3 Å². The van der Waals surface area contributed by atoms with Crippen molar-refractivity contribution in [3.05, 3.63) is 23.5 Å². The lowest BCUT2D eigenvalue weighted by Gasteiger charge is -2.05. The predicted molar refractivity (Wildman–Crippen MR) is 47.3 cm³/mol. The number of nitrogens with two attached hydrogens (primary N) is 1. The Labute approximate surface area is 75.4 Å². The van der Waals surface area contributed by atoms with Crippen molar-refractivity contribution in [2.45, 2.75) is 6.54 Å². The number of nitrogens with zero attached hydrogens (tertiary/aromatic N) is 1. The molecule has 0 fully saturated rings. The van der Waals surface area contributed by atoms with Gasteiger partial charge in [0.25, 0.3) is 0 Å². The second-order valence-corrected chi connectivity index (χ2v) is 2.50. The molecule has 4 N–H and O–H groups in total. The Morgan fingerprint density at radius 3 is 2.77 bits per heavy atom. The fourth-order valence-corrected chi connectivity index (χ4v) is 0.986. The van der Waals surface area contributed by atoms with Gasteiger partial charge in [-0.1, -0.05) is 0 Å². The third-order valence-electron chi connectivity index (χ3n) is 1.63. The minimum absolute atomic E-state index is 0.103. The van der Waals surface area contributed by atoms with Crippen LogP contribution in [0.15, 0.2) is 12.3 Å². The molecule has 0 atom stereocenters. The number of aromatic nitrogens is 1. The largest absolute Gasteiger partial charge is 0.490 e. The smallest absolute Gasteiger partial charge is 0.423 e. The van der Waals surface area contributed by atoms with Crippen molar-refractivity contribution in [2.24, 2.45) is 5.73 Å². The van der Waals surface area contributed by atoms with Crippen LogP contribution in [0.25, 0.3) is 0 Å². The van der Waals surface area contributed by atoms with Crippen molar-refractivity contribution in [2.75, 3.05) is 0 Å². The van der Waals surface area contributed by atoms with Gasteiger partial charge in [0.1, 0.15) is 0 Å². The molecule has 13 heavy (non-hydrogen) atoms. The van der Waals surface area contributed by atoms with Crippen LogP contribution in [0.3, 0.4) is 0 Å². The SMILES string of the molecule is NCc1ncc(C=O)cc1B(O)O. The summed E-state index contributed by atoms with van der Waals surface area (Å²) in [5, 5.41) is 17.8. The molecule has 0 unspecified atom stereocenters. The number of hydrogen-bond donors (Lipinski definition) is 3. The molecule has 1 heterocycles. The summed E-state index contributed by atoms with van der Waals surface area (Å²) in [6.45, 7) is 0.103. The Bertz CT molecular complexity index is 317. The summed E-state index contributed by atoms with van der Waals surface area (Å²) in [5.41, 5.74) is 6.15. The van der Waals surface area contributed by atoms with Gasteiger partial charge in [0, 0.05) is 23.8 Å². The highest BCUT2D eigenvalue weighted by atomic mass is 16.4. The van der Waals surface area contributed by atoms with E-state index in [4.69, 9.17) is 15.8 Å². The van der Waals surface area contributed by atoms with Crippen LogP contribution in [0.4, 0.5) is 0 Å². The zero-order valence-corrected chi connectivity index (χ0v) is 6.84. The van der Waals surface area contributed by atoms with Crippen molar-refractivity contribution in [3.63, 3.8) is 0 Å². The molecule has 6 heteroatoms. The molecule has 1 aromatic rings. The molecule has 0 aromatic carbocycles. The van der Waals surface area contributed by atoms with Gasteiger partial charge in [-0.25, -0.2) is 0 Å². The van der Waals surface area contributed by atoms with Crippen LogP contribution < -0.4 is 11.2 Å². The van der Waals surface area contributed by atoms with E-state index in [2.05, 4.69) is 4.98 Å². The van der Waals surface area contributed by atoms with Crippen molar-refractivity contribution >= 4 is 18.9 Å². The Kier molecular flexibility index (Phi) is 3.13. The number of carbonyl (C=O) groups is 1. The van der Waals surface area contributed by atoms with Crippen molar-refractivity contribution in [3.8, 4) is 0 Å². The molecule has 1 rings (SSSR count). The fourth-order valence-electron chi connectivity index (χ4n) is 0.986. The molecule has 0 saturated heterocycles. The van der Waals surface area contributed by atoms with Gasteiger partial charge in [0.2, 0.25) is 0 Å². The van der Waals surface area contributed by atoms with E-state index in [0.717, 1.165) is 0 Å². The van der Waals surface area contributed by atoms with Crippen LogP contribution in [-0.4, -0.2) is 28.4 Å². The number of hydrogen-bond acceptors (Lipinski definition) is 5. The zero-order valence-electron chi connectivity index (χ0n) is 6.84. The maximum Gasteiger partial charge on any atom is 0.490 e. The van der Waals surface area contributed by atoms with E-state index in [1.807, 2.05) is 0 Å². The van der Waals surface area contributed by atoms with Crippen molar-refractivity contribution < 1.29 is 14.8 Å². The Balaban J connectivity index is 3.17. The van der Waals surface area contributed by atoms with E-state index in [0.29, 0.717) is 17.5 Å². The molecule has 0 amide bonds. The second kappa shape index (κ2) is 4.13. The number of aldehydes is 1. The molecule has 1 aromatic heterocycles. The quantitative estimate of drug-likeness (QED) is 0.370. The average molecular weight is 180 g/mol. The van der Waals surface area contributed by atoms with Gasteiger partial charge in [0.15, 0.2) is 6.29 Å². The van der Waals surface area contributed by atoms with Gasteiger partial charge < -0.3 is 15.8 Å². The van der Waals surface area contributed by atoms with Crippen LogP contribution in [0, 0.1) is 0 Å². The minimum Gasteiger partial charge on any atom is -0.423 e. The van der Waals surface area contributed by atoms with Crippen LogP contribution >= 0.6 is 0 Å². The first-order valence-electron chi connectivity index (χ1n) is 3.69. The van der Waals surface area contributed by atoms with Crippen LogP contribution in [0.1, 0.15) is 16.1 Å². The number of rotatable bonds is 3. The first-order chi connectivity index (χ1) is 6.19. The lowest BCUT2D eigenvalue weighted by Crippen LogP contribution is -2.35. The highest BCUT2D eigenvalue weighted by molar-refractivity contribution is 6.59. The standard InChI is InChI=1S/C7H9BN2O3/c9-2-7-6(8(12)13)1-5(4-11)3-10-7/h1,3-4,12-13H,2,9H2. The molecular formula is C7H9BN2O3. The third kappa shape index (κ3) is 2.12. The third-order valence-corrected chi connectivity index (χ3v) is 1.63. The second-order valence-electron chi connectivity index (χ2n) is 2.50. The Morgan fingerprint density at radius 2 is 2.31 bits per heavy atom. The average Bonchev–Trinajstić information content (AvgIpc) is 2.16. The van der Waals surface area contributed by atoms with E-state index in [1.54, 1.807) is 0 Å². The highest BCUT2D eigenvalue weighted by Gasteiger charge is 2.16. The Morgan fingerprint density at radius 1 is 1.62 bits per heavy atom. The van der Waals surface area contributed by atoms with Crippen LogP contribution in [-0.2, 0) is 6.54 Å². The molecule has 0 aliphatic carbocycles. The monoisotopic (exact) mass is 180 g/mol. The first kappa shape index (κ1) is 9.85. The maximum atomic E-state index is 10.3. The minimum atomic E-state index is -1.65. The normalized spacial score (nSPS) is 9.77. The number of pyridine rings is 1. The van der Waals surface area contributed by atoms with Gasteiger partial charge in [-0.3, -0.25) is 9.78 Å². The predicted octanol–water partition coefficient (Wildman–Crippen LogP) is -1.97. The summed E-state index contributed by atoms with van der Waals surface area (Å²) in [6.07, 6.45) is 1.92.